The van der Waals surface area contributed by atoms with E-state index in [9.17, 15) is 0 Å². The summed E-state index contributed by atoms with van der Waals surface area (Å²) in [4.78, 5) is 0. The standard InChI is InChI=1S/C17H18ClN/c1-13(15-6-4-3-5-7-15)12-19-14(2)16-8-10-17(18)11-9-16/h3-11,14,19H,1,12H2,2H3/t14-/m0/s1. The van der Waals surface area contributed by atoms with E-state index in [1.54, 1.807) is 0 Å². The first-order chi connectivity index (χ1) is 9.16. The fourth-order valence-corrected chi connectivity index (χ4v) is 2.05. The van der Waals surface area contributed by atoms with Crippen LogP contribution in [-0.2, 0) is 0 Å². The third-order valence-electron chi connectivity index (χ3n) is 3.17. The zero-order chi connectivity index (χ0) is 13.7. The molecule has 0 aliphatic rings. The van der Waals surface area contributed by atoms with Gasteiger partial charge in [-0.05, 0) is 35.8 Å². The van der Waals surface area contributed by atoms with Crippen LogP contribution in [0.5, 0.6) is 0 Å². The third kappa shape index (κ3) is 3.95. The SMILES string of the molecule is C=C(CN[C@@H](C)c1ccc(Cl)cc1)c1ccccc1. The van der Waals surface area contributed by atoms with Gasteiger partial charge in [-0.25, -0.2) is 0 Å². The van der Waals surface area contributed by atoms with Gasteiger partial charge in [0, 0.05) is 17.6 Å². The number of hydrogen-bond donors (Lipinski definition) is 1. The highest BCUT2D eigenvalue weighted by Crippen LogP contribution is 2.17. The van der Waals surface area contributed by atoms with Gasteiger partial charge in [0.2, 0.25) is 0 Å². The Morgan fingerprint density at radius 2 is 1.74 bits per heavy atom. The first kappa shape index (κ1) is 13.9. The Labute approximate surface area is 119 Å². The van der Waals surface area contributed by atoms with Crippen LogP contribution < -0.4 is 5.32 Å². The van der Waals surface area contributed by atoms with Crippen molar-refractivity contribution >= 4 is 17.2 Å². The summed E-state index contributed by atoms with van der Waals surface area (Å²) in [6.45, 7) is 7.03. The fraction of sp³-hybridized carbons (Fsp3) is 0.176. The molecule has 0 saturated carbocycles. The maximum atomic E-state index is 5.89. The molecule has 0 aromatic heterocycles. The van der Waals surface area contributed by atoms with E-state index in [2.05, 4.69) is 31.0 Å². The summed E-state index contributed by atoms with van der Waals surface area (Å²) in [5.41, 5.74) is 3.50. The van der Waals surface area contributed by atoms with Crippen molar-refractivity contribution in [3.63, 3.8) is 0 Å². The molecule has 19 heavy (non-hydrogen) atoms. The molecule has 2 aromatic carbocycles. The van der Waals surface area contributed by atoms with Gasteiger partial charge < -0.3 is 5.32 Å². The van der Waals surface area contributed by atoms with Crippen LogP contribution in [0.2, 0.25) is 5.02 Å². The van der Waals surface area contributed by atoms with Crippen LogP contribution in [0.3, 0.4) is 0 Å². The molecule has 2 aromatic rings. The van der Waals surface area contributed by atoms with Crippen molar-refractivity contribution in [3.8, 4) is 0 Å². The number of hydrogen-bond acceptors (Lipinski definition) is 1. The monoisotopic (exact) mass is 271 g/mol. The molecule has 1 nitrogen and oxygen atoms in total. The Hall–Kier alpha value is -1.57. The molecule has 1 N–H and O–H groups in total. The molecule has 0 radical (unpaired) electrons. The number of nitrogens with one attached hydrogen (secondary N) is 1. The van der Waals surface area contributed by atoms with E-state index in [4.69, 9.17) is 11.6 Å². The second-order valence-corrected chi connectivity index (χ2v) is 5.06. The van der Waals surface area contributed by atoms with E-state index >= 15 is 0 Å². The molecule has 2 heteroatoms. The minimum absolute atomic E-state index is 0.276. The molecule has 0 fully saturated rings. The summed E-state index contributed by atoms with van der Waals surface area (Å²) in [6.07, 6.45) is 0. The maximum absolute atomic E-state index is 5.89. The third-order valence-corrected chi connectivity index (χ3v) is 3.43. The minimum atomic E-state index is 0.276. The van der Waals surface area contributed by atoms with Crippen LogP contribution in [0.1, 0.15) is 24.1 Å². The molecule has 0 spiro atoms. The van der Waals surface area contributed by atoms with Crippen molar-refractivity contribution in [1.82, 2.24) is 5.32 Å². The highest BCUT2D eigenvalue weighted by atomic mass is 35.5. The second kappa shape index (κ2) is 6.55. The smallest absolute Gasteiger partial charge is 0.0406 e. The van der Waals surface area contributed by atoms with E-state index in [1.165, 1.54) is 11.1 Å². The Morgan fingerprint density at radius 1 is 1.11 bits per heavy atom. The minimum Gasteiger partial charge on any atom is -0.306 e. The first-order valence-electron chi connectivity index (χ1n) is 6.39. The summed E-state index contributed by atoms with van der Waals surface area (Å²) in [6, 6.07) is 18.4. The average molecular weight is 272 g/mol. The average Bonchev–Trinajstić information content (AvgIpc) is 2.46. The van der Waals surface area contributed by atoms with Crippen molar-refractivity contribution in [1.29, 1.82) is 0 Å². The summed E-state index contributed by atoms with van der Waals surface area (Å²) < 4.78 is 0. The Morgan fingerprint density at radius 3 is 2.37 bits per heavy atom. The van der Waals surface area contributed by atoms with Crippen LogP contribution in [0.25, 0.3) is 5.57 Å². The van der Waals surface area contributed by atoms with Crippen molar-refractivity contribution in [2.24, 2.45) is 0 Å². The highest BCUT2D eigenvalue weighted by molar-refractivity contribution is 6.30. The lowest BCUT2D eigenvalue weighted by atomic mass is 10.1. The van der Waals surface area contributed by atoms with Gasteiger partial charge in [-0.2, -0.15) is 0 Å². The summed E-state index contributed by atoms with van der Waals surface area (Å²) >= 11 is 5.89. The van der Waals surface area contributed by atoms with E-state index in [0.717, 1.165) is 17.1 Å². The van der Waals surface area contributed by atoms with Gasteiger partial charge in [0.1, 0.15) is 0 Å². The molecule has 1 atom stereocenters. The van der Waals surface area contributed by atoms with Gasteiger partial charge in [-0.1, -0.05) is 60.6 Å². The van der Waals surface area contributed by atoms with Gasteiger partial charge in [0.25, 0.3) is 0 Å². The number of halogens is 1. The molecular weight excluding hydrogens is 254 g/mol. The van der Waals surface area contributed by atoms with Crippen molar-refractivity contribution in [3.05, 3.63) is 77.3 Å². The van der Waals surface area contributed by atoms with Gasteiger partial charge in [-0.15, -0.1) is 0 Å². The zero-order valence-corrected chi connectivity index (χ0v) is 11.8. The molecule has 0 saturated heterocycles. The predicted molar refractivity (Wildman–Crippen MR) is 83.3 cm³/mol. The Kier molecular flexibility index (Phi) is 4.78. The second-order valence-electron chi connectivity index (χ2n) is 4.62. The van der Waals surface area contributed by atoms with Crippen molar-refractivity contribution in [2.45, 2.75) is 13.0 Å². The first-order valence-corrected chi connectivity index (χ1v) is 6.76. The predicted octanol–water partition coefficient (Wildman–Crippen LogP) is 4.70. The van der Waals surface area contributed by atoms with Crippen LogP contribution in [-0.4, -0.2) is 6.54 Å². The van der Waals surface area contributed by atoms with E-state index in [-0.39, 0.29) is 6.04 Å². The fourth-order valence-electron chi connectivity index (χ4n) is 1.92. The van der Waals surface area contributed by atoms with Gasteiger partial charge in [-0.3, -0.25) is 0 Å². The Bertz CT molecular complexity index is 531. The lowest BCUT2D eigenvalue weighted by Gasteiger charge is -2.15. The van der Waals surface area contributed by atoms with Crippen LogP contribution >= 0.6 is 11.6 Å². The van der Waals surface area contributed by atoms with Gasteiger partial charge in [0.05, 0.1) is 0 Å². The number of benzene rings is 2. The van der Waals surface area contributed by atoms with E-state index in [0.29, 0.717) is 0 Å². The summed E-state index contributed by atoms with van der Waals surface area (Å²) in [5, 5.41) is 4.24. The largest absolute Gasteiger partial charge is 0.306 e. The molecule has 0 bridgehead atoms. The van der Waals surface area contributed by atoms with Gasteiger partial charge >= 0.3 is 0 Å². The van der Waals surface area contributed by atoms with Crippen LogP contribution in [0.4, 0.5) is 0 Å². The zero-order valence-electron chi connectivity index (χ0n) is 11.1. The lowest BCUT2D eigenvalue weighted by molar-refractivity contribution is 0.622. The van der Waals surface area contributed by atoms with Crippen molar-refractivity contribution < 1.29 is 0 Å². The topological polar surface area (TPSA) is 12.0 Å². The normalized spacial score (nSPS) is 12.1. The molecule has 2 rings (SSSR count). The Balaban J connectivity index is 1.92. The van der Waals surface area contributed by atoms with Crippen LogP contribution in [0.15, 0.2) is 61.2 Å². The molecular formula is C17H18ClN. The molecule has 98 valence electrons. The maximum Gasteiger partial charge on any atom is 0.0406 e. The number of rotatable bonds is 5. The lowest BCUT2D eigenvalue weighted by Crippen LogP contribution is -2.20. The van der Waals surface area contributed by atoms with Crippen LogP contribution in [0, 0.1) is 0 Å². The summed E-state index contributed by atoms with van der Waals surface area (Å²) in [7, 11) is 0. The van der Waals surface area contributed by atoms with E-state index in [1.807, 2.05) is 42.5 Å². The quantitative estimate of drug-likeness (QED) is 0.831. The van der Waals surface area contributed by atoms with Crippen molar-refractivity contribution in [2.75, 3.05) is 6.54 Å². The highest BCUT2D eigenvalue weighted by Gasteiger charge is 2.05. The molecule has 0 aliphatic carbocycles. The molecule has 0 unspecified atom stereocenters. The molecule has 0 aliphatic heterocycles. The van der Waals surface area contributed by atoms with Gasteiger partial charge in [0.15, 0.2) is 0 Å². The molecule has 0 heterocycles. The van der Waals surface area contributed by atoms with E-state index < -0.39 is 0 Å². The molecule has 0 amide bonds. The summed E-state index contributed by atoms with van der Waals surface area (Å²) in [5.74, 6) is 0.